The van der Waals surface area contributed by atoms with Crippen molar-refractivity contribution in [2.24, 2.45) is 5.92 Å². The fourth-order valence-electron chi connectivity index (χ4n) is 3.73. The Morgan fingerprint density at radius 3 is 2.31 bits per heavy atom. The summed E-state index contributed by atoms with van der Waals surface area (Å²) in [7, 11) is 0. The van der Waals surface area contributed by atoms with E-state index in [1.807, 2.05) is 4.90 Å². The van der Waals surface area contributed by atoms with Crippen molar-refractivity contribution in [3.63, 3.8) is 0 Å². The van der Waals surface area contributed by atoms with Crippen LogP contribution < -0.4 is 0 Å². The molecule has 7 heteroatoms. The first-order chi connectivity index (χ1) is 12.5. The predicted octanol–water partition coefficient (Wildman–Crippen LogP) is 2.50. The lowest BCUT2D eigenvalue weighted by atomic mass is 9.94. The van der Waals surface area contributed by atoms with Crippen LogP contribution in [0.2, 0.25) is 5.02 Å². The lowest BCUT2D eigenvalue weighted by molar-refractivity contribution is -0.138. The maximum atomic E-state index is 14.0. The standard InChI is InChI=1S/C19H25ClFN3O2/c1-2-22-10-12-24(13-11-22)18(25)14-6-8-23(9-7-14)19(26)17-15(20)4-3-5-16(17)21/h3-5,14H,2,6-13H2,1H3. The maximum absolute atomic E-state index is 14.0. The number of hydrogen-bond acceptors (Lipinski definition) is 3. The maximum Gasteiger partial charge on any atom is 0.258 e. The molecule has 1 aromatic carbocycles. The van der Waals surface area contributed by atoms with Gasteiger partial charge in [-0.3, -0.25) is 9.59 Å². The number of carbonyl (C=O) groups excluding carboxylic acids is 2. The van der Waals surface area contributed by atoms with Crippen LogP contribution in [0, 0.1) is 11.7 Å². The highest BCUT2D eigenvalue weighted by Crippen LogP contribution is 2.25. The number of amides is 2. The van der Waals surface area contributed by atoms with Crippen LogP contribution in [0.5, 0.6) is 0 Å². The van der Waals surface area contributed by atoms with Gasteiger partial charge in [0.15, 0.2) is 0 Å². The van der Waals surface area contributed by atoms with Crippen LogP contribution in [0.15, 0.2) is 18.2 Å². The van der Waals surface area contributed by atoms with Crippen LogP contribution in [0.1, 0.15) is 30.1 Å². The molecule has 2 heterocycles. The van der Waals surface area contributed by atoms with Crippen molar-refractivity contribution in [2.45, 2.75) is 19.8 Å². The zero-order chi connectivity index (χ0) is 18.7. The lowest BCUT2D eigenvalue weighted by Gasteiger charge is -2.38. The molecule has 0 spiro atoms. The Labute approximate surface area is 158 Å². The number of likely N-dealkylation sites (N-methyl/N-ethyl adjacent to an activating group) is 1. The smallest absolute Gasteiger partial charge is 0.258 e. The van der Waals surface area contributed by atoms with Crippen molar-refractivity contribution in [1.29, 1.82) is 0 Å². The van der Waals surface area contributed by atoms with Gasteiger partial charge in [-0.2, -0.15) is 0 Å². The molecule has 0 atom stereocenters. The molecule has 0 bridgehead atoms. The number of likely N-dealkylation sites (tertiary alicyclic amines) is 1. The van der Waals surface area contributed by atoms with Crippen LogP contribution in [0.3, 0.4) is 0 Å². The monoisotopic (exact) mass is 381 g/mol. The Morgan fingerprint density at radius 1 is 1.08 bits per heavy atom. The average Bonchev–Trinajstić information content (AvgIpc) is 2.67. The molecule has 142 valence electrons. The lowest BCUT2D eigenvalue weighted by Crippen LogP contribution is -2.51. The first kappa shape index (κ1) is 19.1. The molecule has 0 saturated carbocycles. The van der Waals surface area contributed by atoms with E-state index in [0.717, 1.165) is 32.7 Å². The molecule has 1 aromatic rings. The third-order valence-corrected chi connectivity index (χ3v) is 5.75. The van der Waals surface area contributed by atoms with Crippen LogP contribution >= 0.6 is 11.6 Å². The molecule has 2 aliphatic rings. The molecule has 3 rings (SSSR count). The number of piperidine rings is 1. The topological polar surface area (TPSA) is 43.9 Å². The highest BCUT2D eigenvalue weighted by molar-refractivity contribution is 6.33. The Hall–Kier alpha value is -1.66. The van der Waals surface area contributed by atoms with Crippen molar-refractivity contribution < 1.29 is 14.0 Å². The van der Waals surface area contributed by atoms with E-state index in [4.69, 9.17) is 11.6 Å². The molecule has 0 aromatic heterocycles. The summed E-state index contributed by atoms with van der Waals surface area (Å²) in [5, 5.41) is 0.127. The van der Waals surface area contributed by atoms with E-state index in [1.165, 1.54) is 18.2 Å². The molecule has 0 aliphatic carbocycles. The molecule has 26 heavy (non-hydrogen) atoms. The number of rotatable bonds is 3. The summed E-state index contributed by atoms with van der Waals surface area (Å²) in [6.45, 7) is 7.45. The minimum absolute atomic E-state index is 0.0525. The Kier molecular flexibility index (Phi) is 6.14. The SMILES string of the molecule is CCN1CCN(C(=O)C2CCN(C(=O)c3c(F)cccc3Cl)CC2)CC1. The van der Waals surface area contributed by atoms with Gasteiger partial charge in [0, 0.05) is 45.2 Å². The van der Waals surface area contributed by atoms with E-state index in [0.29, 0.717) is 25.9 Å². The Morgan fingerprint density at radius 2 is 1.73 bits per heavy atom. The van der Waals surface area contributed by atoms with Gasteiger partial charge in [0.05, 0.1) is 10.6 Å². The second-order valence-corrected chi connectivity index (χ2v) is 7.33. The van der Waals surface area contributed by atoms with Gasteiger partial charge in [-0.05, 0) is 31.5 Å². The van der Waals surface area contributed by atoms with Gasteiger partial charge in [-0.25, -0.2) is 4.39 Å². The molecule has 2 aliphatic heterocycles. The van der Waals surface area contributed by atoms with Crippen molar-refractivity contribution in [3.8, 4) is 0 Å². The summed E-state index contributed by atoms with van der Waals surface area (Å²) >= 11 is 6.00. The molecule has 0 radical (unpaired) electrons. The van der Waals surface area contributed by atoms with Gasteiger partial charge < -0.3 is 14.7 Å². The predicted molar refractivity (Wildman–Crippen MR) is 98.7 cm³/mol. The van der Waals surface area contributed by atoms with Gasteiger partial charge >= 0.3 is 0 Å². The molecule has 5 nitrogen and oxygen atoms in total. The van der Waals surface area contributed by atoms with Gasteiger partial charge in [0.25, 0.3) is 5.91 Å². The zero-order valence-corrected chi connectivity index (χ0v) is 15.8. The first-order valence-corrected chi connectivity index (χ1v) is 9.63. The number of carbonyl (C=O) groups is 2. The van der Waals surface area contributed by atoms with Crippen LogP contribution in [0.25, 0.3) is 0 Å². The number of benzene rings is 1. The van der Waals surface area contributed by atoms with Crippen molar-refractivity contribution in [3.05, 3.63) is 34.6 Å². The second kappa shape index (κ2) is 8.35. The number of halogens is 2. The average molecular weight is 382 g/mol. The molecule has 0 N–H and O–H groups in total. The summed E-state index contributed by atoms with van der Waals surface area (Å²) in [5.41, 5.74) is -0.0744. The van der Waals surface area contributed by atoms with Crippen LogP contribution in [-0.4, -0.2) is 72.3 Å². The van der Waals surface area contributed by atoms with Crippen molar-refractivity contribution >= 4 is 23.4 Å². The van der Waals surface area contributed by atoms with Crippen LogP contribution in [-0.2, 0) is 4.79 Å². The highest BCUT2D eigenvalue weighted by Gasteiger charge is 2.32. The molecule has 2 saturated heterocycles. The summed E-state index contributed by atoms with van der Waals surface area (Å²) in [6, 6.07) is 4.24. The summed E-state index contributed by atoms with van der Waals surface area (Å²) in [4.78, 5) is 31.2. The van der Waals surface area contributed by atoms with E-state index in [-0.39, 0.29) is 22.4 Å². The van der Waals surface area contributed by atoms with Gasteiger partial charge in [0.1, 0.15) is 5.82 Å². The Balaban J connectivity index is 1.56. The molecular weight excluding hydrogens is 357 g/mol. The van der Waals surface area contributed by atoms with Gasteiger partial charge in [-0.1, -0.05) is 24.6 Å². The fourth-order valence-corrected chi connectivity index (χ4v) is 3.98. The second-order valence-electron chi connectivity index (χ2n) is 6.92. The van der Waals surface area contributed by atoms with Gasteiger partial charge in [0.2, 0.25) is 5.91 Å². The minimum atomic E-state index is -0.602. The fraction of sp³-hybridized carbons (Fsp3) is 0.579. The first-order valence-electron chi connectivity index (χ1n) is 9.25. The van der Waals surface area contributed by atoms with Crippen molar-refractivity contribution in [1.82, 2.24) is 14.7 Å². The summed E-state index contributed by atoms with van der Waals surface area (Å²) in [6.07, 6.45) is 1.23. The number of hydrogen-bond donors (Lipinski definition) is 0. The van der Waals surface area contributed by atoms with Gasteiger partial charge in [-0.15, -0.1) is 0 Å². The minimum Gasteiger partial charge on any atom is -0.340 e. The molecule has 2 fully saturated rings. The summed E-state index contributed by atoms with van der Waals surface area (Å²) < 4.78 is 14.0. The normalized spacial score (nSPS) is 19.7. The zero-order valence-electron chi connectivity index (χ0n) is 15.1. The largest absolute Gasteiger partial charge is 0.340 e. The van der Waals surface area contributed by atoms with E-state index in [1.54, 1.807) is 4.90 Å². The Bertz CT molecular complexity index is 648. The third-order valence-electron chi connectivity index (χ3n) is 5.44. The van der Waals surface area contributed by atoms with Crippen molar-refractivity contribution in [2.75, 3.05) is 45.8 Å². The number of nitrogens with zero attached hydrogens (tertiary/aromatic N) is 3. The van der Waals surface area contributed by atoms with Crippen LogP contribution in [0.4, 0.5) is 4.39 Å². The number of piperazine rings is 1. The third kappa shape index (κ3) is 4.01. The molecule has 0 unspecified atom stereocenters. The van der Waals surface area contributed by atoms with E-state index in [2.05, 4.69) is 11.8 Å². The highest BCUT2D eigenvalue weighted by atomic mass is 35.5. The van der Waals surface area contributed by atoms with E-state index < -0.39 is 11.7 Å². The quantitative estimate of drug-likeness (QED) is 0.808. The molecular formula is C19H25ClFN3O2. The summed E-state index contributed by atoms with van der Waals surface area (Å²) in [5.74, 6) is -0.856. The molecule has 2 amide bonds. The van der Waals surface area contributed by atoms with E-state index in [9.17, 15) is 14.0 Å². The van der Waals surface area contributed by atoms with E-state index >= 15 is 0 Å².